The summed E-state index contributed by atoms with van der Waals surface area (Å²) in [6, 6.07) is 14.4. The molecule has 0 aliphatic carbocycles. The second-order valence-electron chi connectivity index (χ2n) is 7.03. The lowest BCUT2D eigenvalue weighted by Gasteiger charge is -2.29. The molecular weight excluding hydrogens is 384 g/mol. The van der Waals surface area contributed by atoms with E-state index in [1.54, 1.807) is 29.2 Å². The Kier molecular flexibility index (Phi) is 5.77. The van der Waals surface area contributed by atoms with E-state index in [9.17, 15) is 13.2 Å². The number of carbonyl (C=O) groups excluding carboxylic acids is 1. The van der Waals surface area contributed by atoms with E-state index in [4.69, 9.17) is 11.6 Å². The van der Waals surface area contributed by atoms with Crippen molar-refractivity contribution in [2.75, 3.05) is 30.5 Å². The summed E-state index contributed by atoms with van der Waals surface area (Å²) in [6.45, 7) is 0.345. The zero-order valence-electron chi connectivity index (χ0n) is 15.4. The maximum absolute atomic E-state index is 13.2. The minimum atomic E-state index is -3.11. The highest BCUT2D eigenvalue weighted by atomic mass is 35.5. The third-order valence-corrected chi connectivity index (χ3v) is 6.90. The average molecular weight is 407 g/mol. The van der Waals surface area contributed by atoms with Gasteiger partial charge in [0.1, 0.15) is 0 Å². The Morgan fingerprint density at radius 2 is 1.78 bits per heavy atom. The van der Waals surface area contributed by atoms with Crippen LogP contribution in [-0.4, -0.2) is 50.9 Å². The number of hydrogen-bond acceptors (Lipinski definition) is 4. The monoisotopic (exact) mass is 406 g/mol. The number of benzene rings is 2. The highest BCUT2D eigenvalue weighted by molar-refractivity contribution is 7.91. The zero-order chi connectivity index (χ0) is 19.6. The molecule has 1 saturated heterocycles. The van der Waals surface area contributed by atoms with Gasteiger partial charge in [0.2, 0.25) is 0 Å². The van der Waals surface area contributed by atoms with Gasteiger partial charge in [-0.15, -0.1) is 0 Å². The van der Waals surface area contributed by atoms with Crippen LogP contribution in [0.2, 0.25) is 5.02 Å². The Hall–Kier alpha value is -2.05. The van der Waals surface area contributed by atoms with Gasteiger partial charge >= 0.3 is 0 Å². The summed E-state index contributed by atoms with van der Waals surface area (Å²) in [4.78, 5) is 16.8. The van der Waals surface area contributed by atoms with Gasteiger partial charge in [0.05, 0.1) is 22.1 Å². The summed E-state index contributed by atoms with van der Waals surface area (Å²) in [6.07, 6.45) is 0.453. The molecule has 0 bridgehead atoms. The third-order valence-electron chi connectivity index (χ3n) is 4.82. The molecule has 1 aliphatic heterocycles. The molecule has 0 N–H and O–H groups in total. The summed E-state index contributed by atoms with van der Waals surface area (Å²) < 4.78 is 23.9. The fourth-order valence-corrected chi connectivity index (χ4v) is 5.22. The number of amides is 1. The van der Waals surface area contributed by atoms with Crippen LogP contribution in [-0.2, 0) is 16.4 Å². The van der Waals surface area contributed by atoms with Gasteiger partial charge in [0.15, 0.2) is 9.84 Å². The first-order valence-corrected chi connectivity index (χ1v) is 11.0. The minimum Gasteiger partial charge on any atom is -0.378 e. The summed E-state index contributed by atoms with van der Waals surface area (Å²) in [7, 11) is 0.818. The van der Waals surface area contributed by atoms with Crippen molar-refractivity contribution in [2.45, 2.75) is 19.0 Å². The van der Waals surface area contributed by atoms with Crippen molar-refractivity contribution in [1.29, 1.82) is 0 Å². The van der Waals surface area contributed by atoms with Crippen molar-refractivity contribution in [1.82, 2.24) is 4.90 Å². The van der Waals surface area contributed by atoms with E-state index in [1.165, 1.54) is 0 Å². The van der Waals surface area contributed by atoms with Crippen LogP contribution in [0.15, 0.2) is 48.5 Å². The molecule has 144 valence electrons. The van der Waals surface area contributed by atoms with Crippen LogP contribution in [0.1, 0.15) is 22.3 Å². The molecule has 0 saturated carbocycles. The van der Waals surface area contributed by atoms with E-state index in [2.05, 4.69) is 0 Å². The van der Waals surface area contributed by atoms with Gasteiger partial charge in [-0.05, 0) is 36.2 Å². The fourth-order valence-electron chi connectivity index (χ4n) is 3.27. The predicted octanol–water partition coefficient (Wildman–Crippen LogP) is 3.24. The maximum Gasteiger partial charge on any atom is 0.255 e. The van der Waals surface area contributed by atoms with Crippen molar-refractivity contribution >= 4 is 33.0 Å². The Labute approximate surface area is 165 Å². The quantitative estimate of drug-likeness (QED) is 0.764. The fraction of sp³-hybridized carbons (Fsp3) is 0.350. The Morgan fingerprint density at radius 3 is 2.33 bits per heavy atom. The molecule has 2 aromatic carbocycles. The van der Waals surface area contributed by atoms with Crippen LogP contribution in [0.3, 0.4) is 0 Å². The molecule has 0 aromatic heterocycles. The molecule has 1 atom stereocenters. The summed E-state index contributed by atoms with van der Waals surface area (Å²) in [5.41, 5.74) is 2.41. The van der Waals surface area contributed by atoms with Crippen molar-refractivity contribution in [3.63, 3.8) is 0 Å². The van der Waals surface area contributed by atoms with Crippen LogP contribution in [0.4, 0.5) is 5.69 Å². The molecule has 1 amide bonds. The molecule has 2 aromatic rings. The number of anilines is 1. The predicted molar refractivity (Wildman–Crippen MR) is 109 cm³/mol. The highest BCUT2D eigenvalue weighted by Crippen LogP contribution is 2.25. The summed E-state index contributed by atoms with van der Waals surface area (Å²) in [5, 5.41) is 0.372. The molecule has 3 rings (SSSR count). The largest absolute Gasteiger partial charge is 0.378 e. The molecule has 0 spiro atoms. The molecule has 1 heterocycles. The van der Waals surface area contributed by atoms with Crippen molar-refractivity contribution < 1.29 is 13.2 Å². The first kappa shape index (κ1) is 19.7. The highest BCUT2D eigenvalue weighted by Gasteiger charge is 2.35. The lowest BCUT2D eigenvalue weighted by atomic mass is 10.1. The Balaban J connectivity index is 1.90. The molecular formula is C20H23ClN2O3S. The lowest BCUT2D eigenvalue weighted by Crippen LogP contribution is -2.40. The van der Waals surface area contributed by atoms with Crippen LogP contribution in [0.5, 0.6) is 0 Å². The summed E-state index contributed by atoms with van der Waals surface area (Å²) in [5.74, 6) is -0.123. The van der Waals surface area contributed by atoms with E-state index < -0.39 is 9.84 Å². The Bertz CT molecular complexity index is 926. The molecule has 0 radical (unpaired) electrons. The molecule has 1 aliphatic rings. The van der Waals surface area contributed by atoms with Gasteiger partial charge in [-0.1, -0.05) is 35.9 Å². The second-order valence-corrected chi connectivity index (χ2v) is 9.67. The van der Waals surface area contributed by atoms with Gasteiger partial charge in [-0.25, -0.2) is 8.42 Å². The number of rotatable bonds is 5. The minimum absolute atomic E-state index is 0.00102. The normalized spacial score (nSPS) is 18.3. The third kappa shape index (κ3) is 4.62. The number of carbonyl (C=O) groups is 1. The number of sulfone groups is 1. The van der Waals surface area contributed by atoms with Gasteiger partial charge < -0.3 is 9.80 Å². The van der Waals surface area contributed by atoms with E-state index in [-0.39, 0.29) is 23.5 Å². The standard InChI is InChI=1S/C20H23ClN2O3S/c1-22(2)16-9-7-15(8-10-16)13-23(17-11-12-27(25,26)14-17)20(24)18-5-3-4-6-19(18)21/h3-10,17H,11-14H2,1-2H3/t17-/m1/s1. The molecule has 5 nitrogen and oxygen atoms in total. The van der Waals surface area contributed by atoms with E-state index in [0.717, 1.165) is 11.3 Å². The van der Waals surface area contributed by atoms with Gasteiger partial charge in [0.25, 0.3) is 5.91 Å². The lowest BCUT2D eigenvalue weighted by molar-refractivity contribution is 0.0681. The van der Waals surface area contributed by atoms with Crippen LogP contribution >= 0.6 is 11.6 Å². The molecule has 7 heteroatoms. The number of nitrogens with zero attached hydrogens (tertiary/aromatic N) is 2. The van der Waals surface area contributed by atoms with Crippen molar-refractivity contribution in [2.24, 2.45) is 0 Å². The summed E-state index contributed by atoms with van der Waals surface area (Å²) >= 11 is 6.21. The molecule has 27 heavy (non-hydrogen) atoms. The van der Waals surface area contributed by atoms with Crippen molar-refractivity contribution in [3.8, 4) is 0 Å². The number of hydrogen-bond donors (Lipinski definition) is 0. The van der Waals surface area contributed by atoms with E-state index in [0.29, 0.717) is 23.6 Å². The topological polar surface area (TPSA) is 57.7 Å². The smallest absolute Gasteiger partial charge is 0.255 e. The first-order valence-electron chi connectivity index (χ1n) is 8.79. The SMILES string of the molecule is CN(C)c1ccc(CN(C(=O)c2ccccc2Cl)[C@@H]2CCS(=O)(=O)C2)cc1. The molecule has 0 unspecified atom stereocenters. The average Bonchev–Trinajstić information content (AvgIpc) is 2.99. The van der Waals surface area contributed by atoms with Crippen LogP contribution < -0.4 is 4.90 Å². The second kappa shape index (κ2) is 7.90. The van der Waals surface area contributed by atoms with E-state index in [1.807, 2.05) is 43.3 Å². The van der Waals surface area contributed by atoms with Crippen LogP contribution in [0, 0.1) is 0 Å². The number of halogens is 1. The Morgan fingerprint density at radius 1 is 1.11 bits per heavy atom. The van der Waals surface area contributed by atoms with E-state index >= 15 is 0 Å². The van der Waals surface area contributed by atoms with Crippen molar-refractivity contribution in [3.05, 3.63) is 64.7 Å². The van der Waals surface area contributed by atoms with Gasteiger partial charge in [-0.3, -0.25) is 4.79 Å². The zero-order valence-corrected chi connectivity index (χ0v) is 17.0. The van der Waals surface area contributed by atoms with Gasteiger partial charge in [0, 0.05) is 32.4 Å². The van der Waals surface area contributed by atoms with Crippen LogP contribution in [0.25, 0.3) is 0 Å². The molecule has 1 fully saturated rings. The maximum atomic E-state index is 13.2. The first-order chi connectivity index (χ1) is 12.8. The van der Waals surface area contributed by atoms with Gasteiger partial charge in [-0.2, -0.15) is 0 Å².